The zero-order valence-corrected chi connectivity index (χ0v) is 27.8. The number of hydrogen-bond donors (Lipinski definition) is 0. The molecule has 0 aromatic heterocycles. The molecule has 6 aromatic rings. The van der Waals surface area contributed by atoms with E-state index in [0.29, 0.717) is 17.2 Å². The van der Waals surface area contributed by atoms with Gasteiger partial charge in [-0.3, -0.25) is 0 Å². The fraction of sp³-hybridized carbons (Fsp3) is 0.0714. The van der Waals surface area contributed by atoms with Crippen molar-refractivity contribution in [2.24, 2.45) is 0 Å². The van der Waals surface area contributed by atoms with Crippen LogP contribution in [0, 0.1) is 0 Å². The van der Waals surface area contributed by atoms with E-state index in [2.05, 4.69) is 0 Å². The number of ether oxygens (including phenoxy) is 3. The molecule has 0 radical (unpaired) electrons. The fourth-order valence-corrected chi connectivity index (χ4v) is 7.68. The molecule has 0 saturated carbocycles. The minimum atomic E-state index is -3.53. The molecule has 0 spiro atoms. The SMILES string of the molecule is O=[C](c1ccccc1OCc1ccccc1)[Cr]([C](=O)c1ccccc1OCc1ccccc1)[C](=O)c1ccccc1OCc1ccccc1. The first-order valence-corrected chi connectivity index (χ1v) is 17.6. The minimum absolute atomic E-state index is 0.176. The number of carbonyl (C=O) groups excluding carboxylic acids is 3. The normalized spacial score (nSPS) is 10.7. The molecule has 0 bridgehead atoms. The molecule has 0 saturated heterocycles. The van der Waals surface area contributed by atoms with E-state index in [9.17, 15) is 14.4 Å². The van der Waals surface area contributed by atoms with E-state index in [1.54, 1.807) is 72.8 Å². The Kier molecular flexibility index (Phi) is 11.1. The van der Waals surface area contributed by atoms with Crippen LogP contribution in [0.3, 0.4) is 0 Å². The quantitative estimate of drug-likeness (QED) is 0.108. The topological polar surface area (TPSA) is 78.9 Å². The van der Waals surface area contributed by atoms with Gasteiger partial charge in [0.15, 0.2) is 0 Å². The van der Waals surface area contributed by atoms with Crippen molar-refractivity contribution in [1.82, 2.24) is 0 Å². The maximum atomic E-state index is 14.6. The summed E-state index contributed by atoms with van der Waals surface area (Å²) in [6, 6.07) is 49.0. The van der Waals surface area contributed by atoms with Crippen molar-refractivity contribution in [2.45, 2.75) is 19.8 Å². The Morgan fingerprint density at radius 1 is 0.347 bits per heavy atom. The molecule has 49 heavy (non-hydrogen) atoms. The number of benzene rings is 6. The van der Waals surface area contributed by atoms with Crippen LogP contribution in [-0.4, -0.2) is 13.9 Å². The van der Waals surface area contributed by atoms with Crippen molar-refractivity contribution in [3.05, 3.63) is 197 Å². The summed E-state index contributed by atoms with van der Waals surface area (Å²) < 4.78 is 16.7. The number of para-hydroxylation sites is 3. The standard InChI is InChI=1S/3C14H11O2.Cr/c3*15-10-13-8-4-5-9-14(13)16-11-12-6-2-1-3-7-12;/h3*1-9H,11H2;. The van der Waals surface area contributed by atoms with Crippen LogP contribution in [0.2, 0.25) is 0 Å². The number of rotatable bonds is 15. The summed E-state index contributed by atoms with van der Waals surface area (Å²) in [5, 5.41) is 0. The van der Waals surface area contributed by atoms with Gasteiger partial charge >= 0.3 is 291 Å². The molecular weight excluding hydrogens is 652 g/mol. The van der Waals surface area contributed by atoms with Crippen LogP contribution in [-0.2, 0) is 34.0 Å². The first-order valence-electron chi connectivity index (χ1n) is 15.7. The van der Waals surface area contributed by atoms with Gasteiger partial charge in [0, 0.05) is 0 Å². The Labute approximate surface area is 289 Å². The molecule has 0 N–H and O–H groups in total. The van der Waals surface area contributed by atoms with Crippen LogP contribution in [0.5, 0.6) is 17.2 Å². The van der Waals surface area contributed by atoms with Crippen molar-refractivity contribution in [1.29, 1.82) is 0 Å². The van der Waals surface area contributed by atoms with Gasteiger partial charge in [-0.1, -0.05) is 0 Å². The van der Waals surface area contributed by atoms with Gasteiger partial charge in [0.1, 0.15) is 0 Å². The van der Waals surface area contributed by atoms with Crippen LogP contribution < -0.4 is 14.2 Å². The second-order valence-electron chi connectivity index (χ2n) is 11.0. The number of carbonyl (C=O) groups is 3. The summed E-state index contributed by atoms with van der Waals surface area (Å²) in [6.45, 7) is 0.637. The van der Waals surface area contributed by atoms with Crippen LogP contribution in [0.1, 0.15) is 47.8 Å². The summed E-state index contributed by atoms with van der Waals surface area (Å²) in [4.78, 5) is 43.9. The molecular formula is C42H33CrO6. The molecule has 0 heterocycles. The monoisotopic (exact) mass is 685 g/mol. The molecule has 243 valence electrons. The van der Waals surface area contributed by atoms with E-state index in [0.717, 1.165) is 16.7 Å². The molecule has 0 aliphatic rings. The van der Waals surface area contributed by atoms with Crippen molar-refractivity contribution < 1.29 is 42.7 Å². The van der Waals surface area contributed by atoms with Crippen molar-refractivity contribution >= 4 is 13.9 Å². The van der Waals surface area contributed by atoms with E-state index in [1.165, 1.54) is 0 Å². The van der Waals surface area contributed by atoms with Gasteiger partial charge in [0.2, 0.25) is 0 Å². The van der Waals surface area contributed by atoms with Gasteiger partial charge in [-0.2, -0.15) is 0 Å². The Morgan fingerprint density at radius 3 is 0.878 bits per heavy atom. The average Bonchev–Trinajstić information content (AvgIpc) is 3.17. The van der Waals surface area contributed by atoms with Gasteiger partial charge in [-0.15, -0.1) is 0 Å². The second-order valence-corrected chi connectivity index (χ2v) is 13.7. The summed E-state index contributed by atoms with van der Waals surface area (Å²) in [5.74, 6) is 0.897. The molecule has 6 aromatic carbocycles. The molecule has 7 heteroatoms. The summed E-state index contributed by atoms with van der Waals surface area (Å²) in [5.41, 5.74) is 3.27. The molecule has 0 atom stereocenters. The molecule has 6 nitrogen and oxygen atoms in total. The van der Waals surface area contributed by atoms with Crippen LogP contribution >= 0.6 is 0 Å². The van der Waals surface area contributed by atoms with E-state index in [4.69, 9.17) is 14.2 Å². The third kappa shape index (κ3) is 8.41. The predicted octanol–water partition coefficient (Wildman–Crippen LogP) is 8.86. The predicted molar refractivity (Wildman–Crippen MR) is 185 cm³/mol. The first-order chi connectivity index (χ1) is 24.1. The van der Waals surface area contributed by atoms with Gasteiger partial charge in [-0.25, -0.2) is 0 Å². The number of hydrogen-bond acceptors (Lipinski definition) is 6. The van der Waals surface area contributed by atoms with Crippen LogP contribution in [0.25, 0.3) is 0 Å². The summed E-state index contributed by atoms with van der Waals surface area (Å²) in [7, 11) is 0. The molecule has 0 unspecified atom stereocenters. The second kappa shape index (κ2) is 16.4. The maximum absolute atomic E-state index is 14.6. The van der Waals surface area contributed by atoms with Crippen molar-refractivity contribution in [2.75, 3.05) is 0 Å². The van der Waals surface area contributed by atoms with E-state index in [1.807, 2.05) is 91.0 Å². The molecule has 0 amide bonds. The Bertz CT molecular complexity index is 1790. The van der Waals surface area contributed by atoms with Crippen LogP contribution in [0.15, 0.2) is 164 Å². The zero-order valence-electron chi connectivity index (χ0n) is 26.6. The van der Waals surface area contributed by atoms with Crippen molar-refractivity contribution in [3.8, 4) is 17.2 Å². The van der Waals surface area contributed by atoms with Gasteiger partial charge in [0.25, 0.3) is 0 Å². The zero-order chi connectivity index (χ0) is 33.8. The summed E-state index contributed by atoms with van der Waals surface area (Å²) in [6.07, 6.45) is 0. The third-order valence-electron chi connectivity index (χ3n) is 7.59. The molecule has 6 rings (SSSR count). The first kappa shape index (κ1) is 33.2. The molecule has 0 fully saturated rings. The fourth-order valence-electron chi connectivity index (χ4n) is 5.07. The van der Waals surface area contributed by atoms with Gasteiger partial charge in [0.05, 0.1) is 0 Å². The molecule has 0 aliphatic carbocycles. The summed E-state index contributed by atoms with van der Waals surface area (Å²) >= 11 is -3.53. The van der Waals surface area contributed by atoms with E-state index < -0.39 is 28.1 Å². The van der Waals surface area contributed by atoms with Gasteiger partial charge < -0.3 is 0 Å². The van der Waals surface area contributed by atoms with E-state index >= 15 is 0 Å². The Morgan fingerprint density at radius 2 is 0.592 bits per heavy atom. The van der Waals surface area contributed by atoms with Crippen molar-refractivity contribution in [3.63, 3.8) is 0 Å². The van der Waals surface area contributed by atoms with Gasteiger partial charge in [-0.05, 0) is 0 Å². The van der Waals surface area contributed by atoms with Crippen LogP contribution in [0.4, 0.5) is 0 Å². The molecule has 0 aliphatic heterocycles. The Hall–Kier alpha value is -5.74. The average molecular weight is 686 g/mol. The van der Waals surface area contributed by atoms with E-state index in [-0.39, 0.29) is 36.5 Å². The Balaban J connectivity index is 1.36. The third-order valence-corrected chi connectivity index (χ3v) is 10.4.